The molecular weight excluding hydrogens is 300 g/mol. The Hall–Kier alpha value is -1.35. The predicted octanol–water partition coefficient (Wildman–Crippen LogP) is 5.32. The van der Waals surface area contributed by atoms with E-state index in [1.165, 1.54) is 37.7 Å². The first-order valence-corrected chi connectivity index (χ1v) is 8.24. The van der Waals surface area contributed by atoms with E-state index in [9.17, 15) is 4.79 Å². The molecule has 0 radical (unpaired) electrons. The Labute approximate surface area is 137 Å². The highest BCUT2D eigenvalue weighted by Gasteiger charge is 2.19. The van der Waals surface area contributed by atoms with Gasteiger partial charge in [-0.3, -0.25) is 9.59 Å². The van der Waals surface area contributed by atoms with Crippen molar-refractivity contribution in [2.75, 3.05) is 0 Å². The summed E-state index contributed by atoms with van der Waals surface area (Å²) in [7, 11) is 0. The average Bonchev–Trinajstić information content (AvgIpc) is 2.46. The topological polar surface area (TPSA) is 54.4 Å². The lowest BCUT2D eigenvalue weighted by atomic mass is 9.83. The van der Waals surface area contributed by atoms with Crippen LogP contribution in [0.3, 0.4) is 0 Å². The predicted molar refractivity (Wildman–Crippen MR) is 89.8 cm³/mol. The van der Waals surface area contributed by atoms with Gasteiger partial charge >= 0.3 is 0 Å². The second kappa shape index (κ2) is 8.94. The molecule has 1 aromatic carbocycles. The number of aliphatic carboxylic acids is 1. The van der Waals surface area contributed by atoms with Crippen molar-refractivity contribution in [1.29, 1.82) is 0 Å². The summed E-state index contributed by atoms with van der Waals surface area (Å²) >= 11 is 6.36. The maximum atomic E-state index is 11.9. The molecule has 122 valence electrons. The van der Waals surface area contributed by atoms with Gasteiger partial charge in [0.15, 0.2) is 5.78 Å². The summed E-state index contributed by atoms with van der Waals surface area (Å²) in [6, 6.07) is 5.86. The zero-order valence-corrected chi connectivity index (χ0v) is 14.3. The first kappa shape index (κ1) is 18.7. The van der Waals surface area contributed by atoms with Crippen molar-refractivity contribution < 1.29 is 14.7 Å². The van der Waals surface area contributed by atoms with Crippen molar-refractivity contribution in [3.63, 3.8) is 0 Å². The number of carbonyl (C=O) groups is 2. The average molecular weight is 325 g/mol. The number of carbonyl (C=O) groups excluding carboxylic acids is 1. The van der Waals surface area contributed by atoms with Crippen molar-refractivity contribution in [1.82, 2.24) is 0 Å². The van der Waals surface area contributed by atoms with E-state index in [-0.39, 0.29) is 11.7 Å². The lowest BCUT2D eigenvalue weighted by Gasteiger charge is -2.23. The molecule has 2 rings (SSSR count). The number of hydrogen-bond acceptors (Lipinski definition) is 2. The standard InChI is InChI=1S/C16H21ClO.C2H4O2/c1-11(2)16(18)13-8-9-14(15(17)10-13)12-6-4-3-5-7-12;1-2(3)4/h8-12H,3-7H2,1-2H3;1H3,(H,3,4). The Balaban J connectivity index is 0.000000541. The lowest BCUT2D eigenvalue weighted by molar-refractivity contribution is -0.134. The molecule has 1 aliphatic rings. The lowest BCUT2D eigenvalue weighted by Crippen LogP contribution is -2.09. The van der Waals surface area contributed by atoms with Crippen molar-refractivity contribution in [2.45, 2.75) is 58.8 Å². The number of halogens is 1. The number of rotatable bonds is 3. The van der Waals surface area contributed by atoms with Crippen molar-refractivity contribution >= 4 is 23.4 Å². The van der Waals surface area contributed by atoms with Gasteiger partial charge < -0.3 is 5.11 Å². The van der Waals surface area contributed by atoms with Crippen LogP contribution in [0, 0.1) is 5.92 Å². The zero-order chi connectivity index (χ0) is 16.7. The minimum atomic E-state index is -0.833. The number of hydrogen-bond donors (Lipinski definition) is 1. The monoisotopic (exact) mass is 324 g/mol. The van der Waals surface area contributed by atoms with Crippen LogP contribution in [0.1, 0.15) is 74.7 Å². The normalized spacial score (nSPS) is 15.1. The molecule has 3 nitrogen and oxygen atoms in total. The summed E-state index contributed by atoms with van der Waals surface area (Å²) in [6.45, 7) is 4.93. The summed E-state index contributed by atoms with van der Waals surface area (Å²) in [5.74, 6) is -0.0388. The van der Waals surface area contributed by atoms with Gasteiger partial charge in [-0.05, 0) is 30.4 Å². The van der Waals surface area contributed by atoms with E-state index in [0.717, 1.165) is 17.5 Å². The third-order valence-corrected chi connectivity index (χ3v) is 4.18. The molecule has 1 N–H and O–H groups in total. The first-order valence-electron chi connectivity index (χ1n) is 7.86. The van der Waals surface area contributed by atoms with Gasteiger partial charge in [-0.1, -0.05) is 56.8 Å². The third-order valence-electron chi connectivity index (χ3n) is 3.85. The molecule has 22 heavy (non-hydrogen) atoms. The van der Waals surface area contributed by atoms with Crippen LogP contribution in [0.15, 0.2) is 18.2 Å². The molecule has 1 fully saturated rings. The molecule has 0 spiro atoms. The molecule has 1 aliphatic carbocycles. The molecule has 4 heteroatoms. The molecule has 0 atom stereocenters. The van der Waals surface area contributed by atoms with E-state index in [0.29, 0.717) is 5.92 Å². The highest BCUT2D eigenvalue weighted by Crippen LogP contribution is 2.36. The molecular formula is C18H25ClO3. The first-order chi connectivity index (χ1) is 10.3. The quantitative estimate of drug-likeness (QED) is 0.766. The van der Waals surface area contributed by atoms with Crippen molar-refractivity contribution in [3.05, 3.63) is 34.3 Å². The summed E-state index contributed by atoms with van der Waals surface area (Å²) in [4.78, 5) is 20.9. The molecule has 0 bridgehead atoms. The third kappa shape index (κ3) is 5.80. The van der Waals surface area contributed by atoms with E-state index in [4.69, 9.17) is 21.5 Å². The fourth-order valence-corrected chi connectivity index (χ4v) is 3.09. The molecule has 0 saturated heterocycles. The number of carboxylic acids is 1. The van der Waals surface area contributed by atoms with Crippen LogP contribution >= 0.6 is 11.6 Å². The van der Waals surface area contributed by atoms with Gasteiger partial charge in [0, 0.05) is 23.4 Å². The SMILES string of the molecule is CC(=O)O.CC(C)C(=O)c1ccc(C2CCCCC2)c(Cl)c1. The second-order valence-electron chi connectivity index (χ2n) is 6.11. The summed E-state index contributed by atoms with van der Waals surface area (Å²) in [5.41, 5.74) is 1.98. The number of carboxylic acid groups (broad SMARTS) is 1. The number of ketones is 1. The van der Waals surface area contributed by atoms with E-state index in [1.54, 1.807) is 0 Å². The van der Waals surface area contributed by atoms with Gasteiger partial charge in [-0.15, -0.1) is 0 Å². The van der Waals surface area contributed by atoms with Crippen molar-refractivity contribution in [3.8, 4) is 0 Å². The van der Waals surface area contributed by atoms with Gasteiger partial charge in [-0.25, -0.2) is 0 Å². The van der Waals surface area contributed by atoms with Crippen LogP contribution in [0.5, 0.6) is 0 Å². The fourth-order valence-electron chi connectivity index (χ4n) is 2.76. The number of Topliss-reactive ketones (excluding diaryl/α,β-unsaturated/α-hetero) is 1. The van der Waals surface area contributed by atoms with E-state index >= 15 is 0 Å². The molecule has 1 aromatic rings. The molecule has 0 heterocycles. The molecule has 0 amide bonds. The summed E-state index contributed by atoms with van der Waals surface area (Å²) in [6.07, 6.45) is 6.41. The minimum absolute atomic E-state index is 0.0293. The van der Waals surface area contributed by atoms with E-state index in [1.807, 2.05) is 26.0 Å². The Morgan fingerprint density at radius 3 is 2.18 bits per heavy atom. The smallest absolute Gasteiger partial charge is 0.300 e. The molecule has 1 saturated carbocycles. The van der Waals surface area contributed by atoms with Crippen LogP contribution in [0.4, 0.5) is 0 Å². The van der Waals surface area contributed by atoms with Gasteiger partial charge in [-0.2, -0.15) is 0 Å². The van der Waals surface area contributed by atoms with Gasteiger partial charge in [0.2, 0.25) is 0 Å². The Kier molecular flexibility index (Phi) is 7.60. The minimum Gasteiger partial charge on any atom is -0.481 e. The van der Waals surface area contributed by atoms with E-state index < -0.39 is 5.97 Å². The largest absolute Gasteiger partial charge is 0.481 e. The summed E-state index contributed by atoms with van der Waals surface area (Å²) < 4.78 is 0. The van der Waals surface area contributed by atoms with Gasteiger partial charge in [0.05, 0.1) is 0 Å². The highest BCUT2D eigenvalue weighted by atomic mass is 35.5. The molecule has 0 aliphatic heterocycles. The van der Waals surface area contributed by atoms with Crippen LogP contribution in [-0.4, -0.2) is 16.9 Å². The Morgan fingerprint density at radius 2 is 1.73 bits per heavy atom. The van der Waals surface area contributed by atoms with Crippen LogP contribution in [0.25, 0.3) is 0 Å². The Bertz CT molecular complexity index is 513. The fraction of sp³-hybridized carbons (Fsp3) is 0.556. The zero-order valence-electron chi connectivity index (χ0n) is 13.6. The maximum absolute atomic E-state index is 11.9. The molecule has 0 unspecified atom stereocenters. The van der Waals surface area contributed by atoms with Crippen LogP contribution in [0.2, 0.25) is 5.02 Å². The molecule has 0 aromatic heterocycles. The van der Waals surface area contributed by atoms with Crippen molar-refractivity contribution in [2.24, 2.45) is 5.92 Å². The van der Waals surface area contributed by atoms with Crippen LogP contribution in [-0.2, 0) is 4.79 Å². The maximum Gasteiger partial charge on any atom is 0.300 e. The second-order valence-corrected chi connectivity index (χ2v) is 6.52. The Morgan fingerprint density at radius 1 is 1.18 bits per heavy atom. The summed E-state index contributed by atoms with van der Waals surface area (Å²) in [5, 5.41) is 8.19. The van der Waals surface area contributed by atoms with Crippen LogP contribution < -0.4 is 0 Å². The number of benzene rings is 1. The van der Waals surface area contributed by atoms with E-state index in [2.05, 4.69) is 6.07 Å². The highest BCUT2D eigenvalue weighted by molar-refractivity contribution is 6.31. The van der Waals surface area contributed by atoms with Gasteiger partial charge in [0.25, 0.3) is 5.97 Å². The van der Waals surface area contributed by atoms with Gasteiger partial charge in [0.1, 0.15) is 0 Å².